The lowest BCUT2D eigenvalue weighted by atomic mass is 10.0. The third-order valence-electron chi connectivity index (χ3n) is 3.49. The fourth-order valence-corrected chi connectivity index (χ4v) is 4.49. The molecule has 1 aromatic carbocycles. The number of terminal acetylenes is 1. The standard InChI is InChI=1S/C15H19NO3S/c1-3-9-19-14-7-5-4-6-13(14)11-16-15(2)8-10-20(17,18)12-15/h1,4-7,16H,8-12H2,2H3. The molecule has 0 spiro atoms. The zero-order chi connectivity index (χ0) is 14.6. The van der Waals surface area contributed by atoms with Crippen LogP contribution in [0.15, 0.2) is 24.3 Å². The second-order valence-corrected chi connectivity index (χ2v) is 7.54. The molecule has 1 heterocycles. The highest BCUT2D eigenvalue weighted by molar-refractivity contribution is 7.91. The van der Waals surface area contributed by atoms with Crippen molar-refractivity contribution in [3.63, 3.8) is 0 Å². The van der Waals surface area contributed by atoms with Gasteiger partial charge in [0.25, 0.3) is 0 Å². The van der Waals surface area contributed by atoms with Gasteiger partial charge in [-0.15, -0.1) is 6.42 Å². The molecule has 0 bridgehead atoms. The minimum absolute atomic E-state index is 0.188. The molecular weight excluding hydrogens is 274 g/mol. The molecule has 0 saturated carbocycles. The topological polar surface area (TPSA) is 55.4 Å². The van der Waals surface area contributed by atoms with Gasteiger partial charge in [0.1, 0.15) is 12.4 Å². The molecule has 0 amide bonds. The molecule has 1 fully saturated rings. The van der Waals surface area contributed by atoms with Crippen LogP contribution in [-0.2, 0) is 16.4 Å². The van der Waals surface area contributed by atoms with Gasteiger partial charge in [-0.05, 0) is 19.4 Å². The summed E-state index contributed by atoms with van der Waals surface area (Å²) < 4.78 is 28.6. The molecule has 5 heteroatoms. The maximum absolute atomic E-state index is 11.6. The van der Waals surface area contributed by atoms with Gasteiger partial charge in [-0.25, -0.2) is 8.42 Å². The Hall–Kier alpha value is -1.51. The Balaban J connectivity index is 2.03. The molecule has 1 aliphatic rings. The van der Waals surface area contributed by atoms with E-state index in [4.69, 9.17) is 11.2 Å². The summed E-state index contributed by atoms with van der Waals surface area (Å²) in [6.07, 6.45) is 5.84. The Morgan fingerprint density at radius 1 is 1.45 bits per heavy atom. The predicted octanol–water partition coefficient (Wildman–Crippen LogP) is 1.37. The van der Waals surface area contributed by atoms with E-state index >= 15 is 0 Å². The molecule has 108 valence electrons. The van der Waals surface area contributed by atoms with Crippen LogP contribution in [0.1, 0.15) is 18.9 Å². The first-order valence-electron chi connectivity index (χ1n) is 6.54. The van der Waals surface area contributed by atoms with E-state index in [0.717, 1.165) is 11.3 Å². The second kappa shape index (κ2) is 5.86. The molecule has 20 heavy (non-hydrogen) atoms. The van der Waals surface area contributed by atoms with E-state index in [2.05, 4.69) is 11.2 Å². The van der Waals surface area contributed by atoms with Crippen molar-refractivity contribution in [2.45, 2.75) is 25.4 Å². The van der Waals surface area contributed by atoms with E-state index in [-0.39, 0.29) is 23.7 Å². The summed E-state index contributed by atoms with van der Waals surface area (Å²) in [5.41, 5.74) is 0.617. The monoisotopic (exact) mass is 293 g/mol. The first-order valence-corrected chi connectivity index (χ1v) is 8.36. The minimum atomic E-state index is -2.90. The highest BCUT2D eigenvalue weighted by atomic mass is 32.2. The Morgan fingerprint density at radius 2 is 2.20 bits per heavy atom. The van der Waals surface area contributed by atoms with Crippen LogP contribution >= 0.6 is 0 Å². The predicted molar refractivity (Wildman–Crippen MR) is 79.3 cm³/mol. The first kappa shape index (κ1) is 14.9. The fourth-order valence-electron chi connectivity index (χ4n) is 2.37. The van der Waals surface area contributed by atoms with Crippen molar-refractivity contribution in [2.24, 2.45) is 0 Å². The summed E-state index contributed by atoms with van der Waals surface area (Å²) in [6.45, 7) is 2.73. The number of hydrogen-bond acceptors (Lipinski definition) is 4. The number of benzene rings is 1. The smallest absolute Gasteiger partial charge is 0.152 e. The molecule has 1 aromatic rings. The maximum atomic E-state index is 11.6. The average molecular weight is 293 g/mol. The number of hydrogen-bond donors (Lipinski definition) is 1. The van der Waals surface area contributed by atoms with Crippen molar-refractivity contribution >= 4 is 9.84 Å². The normalized spacial score (nSPS) is 24.2. The van der Waals surface area contributed by atoms with Crippen LogP contribution in [0.4, 0.5) is 0 Å². The van der Waals surface area contributed by atoms with Crippen molar-refractivity contribution in [1.82, 2.24) is 5.32 Å². The summed E-state index contributed by atoms with van der Waals surface area (Å²) in [5, 5.41) is 3.34. The first-order chi connectivity index (χ1) is 9.44. The molecule has 1 N–H and O–H groups in total. The van der Waals surface area contributed by atoms with Gasteiger partial charge in [0.15, 0.2) is 9.84 Å². The maximum Gasteiger partial charge on any atom is 0.152 e. The highest BCUT2D eigenvalue weighted by Crippen LogP contribution is 2.25. The van der Waals surface area contributed by atoms with Gasteiger partial charge in [0, 0.05) is 17.6 Å². The van der Waals surface area contributed by atoms with E-state index in [1.807, 2.05) is 31.2 Å². The van der Waals surface area contributed by atoms with Crippen molar-refractivity contribution in [3.05, 3.63) is 29.8 Å². The quantitative estimate of drug-likeness (QED) is 0.833. The van der Waals surface area contributed by atoms with Gasteiger partial charge < -0.3 is 10.1 Å². The summed E-state index contributed by atoms with van der Waals surface area (Å²) in [5.74, 6) is 3.62. The third-order valence-corrected chi connectivity index (χ3v) is 5.40. The van der Waals surface area contributed by atoms with Crippen molar-refractivity contribution in [1.29, 1.82) is 0 Å². The van der Waals surface area contributed by atoms with Crippen LogP contribution in [0.25, 0.3) is 0 Å². The van der Waals surface area contributed by atoms with Crippen molar-refractivity contribution in [3.8, 4) is 18.1 Å². The third kappa shape index (κ3) is 3.75. The van der Waals surface area contributed by atoms with Crippen LogP contribution in [0.5, 0.6) is 5.75 Å². The molecule has 1 aliphatic heterocycles. The van der Waals surface area contributed by atoms with Crippen molar-refractivity contribution < 1.29 is 13.2 Å². The number of nitrogens with one attached hydrogen (secondary N) is 1. The van der Waals surface area contributed by atoms with Crippen molar-refractivity contribution in [2.75, 3.05) is 18.1 Å². The SMILES string of the molecule is C#CCOc1ccccc1CNC1(C)CCS(=O)(=O)C1. The lowest BCUT2D eigenvalue weighted by Gasteiger charge is -2.24. The molecule has 4 nitrogen and oxygen atoms in total. The molecule has 0 radical (unpaired) electrons. The van der Waals surface area contributed by atoms with E-state index in [0.29, 0.717) is 13.0 Å². The molecule has 2 rings (SSSR count). The van der Waals surface area contributed by atoms with Crippen LogP contribution in [-0.4, -0.2) is 32.1 Å². The molecule has 0 aliphatic carbocycles. The van der Waals surface area contributed by atoms with Crippen LogP contribution in [0.3, 0.4) is 0 Å². The molecule has 1 saturated heterocycles. The summed E-state index contributed by atoms with van der Waals surface area (Å²) >= 11 is 0. The zero-order valence-corrected chi connectivity index (χ0v) is 12.4. The van der Waals surface area contributed by atoms with Gasteiger partial charge in [0.05, 0.1) is 11.5 Å². The Bertz CT molecular complexity index is 618. The molecular formula is C15H19NO3S. The summed E-state index contributed by atoms with van der Waals surface area (Å²) in [7, 11) is -2.90. The summed E-state index contributed by atoms with van der Waals surface area (Å²) in [6, 6.07) is 7.62. The van der Waals surface area contributed by atoms with E-state index in [1.54, 1.807) is 0 Å². The van der Waals surface area contributed by atoms with Crippen LogP contribution in [0.2, 0.25) is 0 Å². The van der Waals surface area contributed by atoms with Crippen LogP contribution < -0.4 is 10.1 Å². The lowest BCUT2D eigenvalue weighted by Crippen LogP contribution is -2.42. The number of sulfone groups is 1. The average Bonchev–Trinajstić information content (AvgIpc) is 2.69. The Labute approximate surface area is 120 Å². The van der Waals surface area contributed by atoms with Gasteiger partial charge in [-0.3, -0.25) is 0 Å². The molecule has 1 atom stereocenters. The zero-order valence-electron chi connectivity index (χ0n) is 11.6. The largest absolute Gasteiger partial charge is 0.481 e. The fraction of sp³-hybridized carbons (Fsp3) is 0.467. The Kier molecular flexibility index (Phi) is 4.36. The highest BCUT2D eigenvalue weighted by Gasteiger charge is 2.37. The van der Waals surface area contributed by atoms with Crippen LogP contribution in [0, 0.1) is 12.3 Å². The number of rotatable bonds is 5. The van der Waals surface area contributed by atoms with Gasteiger partial charge >= 0.3 is 0 Å². The van der Waals surface area contributed by atoms with E-state index in [9.17, 15) is 8.42 Å². The Morgan fingerprint density at radius 3 is 2.85 bits per heavy atom. The number of ether oxygens (including phenoxy) is 1. The van der Waals surface area contributed by atoms with E-state index in [1.165, 1.54) is 0 Å². The molecule has 0 aromatic heterocycles. The van der Waals surface area contributed by atoms with Gasteiger partial charge in [0.2, 0.25) is 0 Å². The van der Waals surface area contributed by atoms with E-state index < -0.39 is 9.84 Å². The molecule has 1 unspecified atom stereocenters. The van der Waals surface area contributed by atoms with Gasteiger partial charge in [-0.1, -0.05) is 24.1 Å². The lowest BCUT2D eigenvalue weighted by molar-refractivity contribution is 0.355. The second-order valence-electron chi connectivity index (χ2n) is 5.36. The minimum Gasteiger partial charge on any atom is -0.481 e. The number of para-hydroxylation sites is 1. The van der Waals surface area contributed by atoms with Gasteiger partial charge in [-0.2, -0.15) is 0 Å². The summed E-state index contributed by atoms with van der Waals surface area (Å²) in [4.78, 5) is 0.